The van der Waals surface area contributed by atoms with Crippen LogP contribution < -0.4 is 108 Å². The molecule has 18 heteroatoms. The average Bonchev–Trinajstić information content (AvgIpc) is 4.13. The summed E-state index contributed by atoms with van der Waals surface area (Å²) in [5.41, 5.74) is -3.50. The predicted molar refractivity (Wildman–Crippen MR) is 260 cm³/mol. The molecule has 3 N–H and O–H groups in total. The first-order valence-corrected chi connectivity index (χ1v) is 28.5. The van der Waals surface area contributed by atoms with Crippen LogP contribution in [0, 0.1) is 70.0 Å². The molecule has 0 unspecified atom stereocenters. The van der Waals surface area contributed by atoms with E-state index in [-0.39, 0.29) is 157 Å². The number of halogens is 3. The van der Waals surface area contributed by atoms with Crippen molar-refractivity contribution in [2.24, 2.45) is 70.0 Å². The molecule has 2 heterocycles. The van der Waals surface area contributed by atoms with Crippen LogP contribution in [-0.2, 0) is 25.8 Å². The van der Waals surface area contributed by atoms with E-state index in [1.54, 1.807) is 34.4 Å². The van der Waals surface area contributed by atoms with E-state index >= 15 is 8.78 Å². The number of H-pyrrole nitrogens is 1. The van der Waals surface area contributed by atoms with Gasteiger partial charge in [0.05, 0.1) is 35.5 Å². The summed E-state index contributed by atoms with van der Waals surface area (Å²) in [7, 11) is 0. The molecule has 11 nitrogen and oxygen atoms in total. The Morgan fingerprint density at radius 2 is 1.25 bits per heavy atom. The molecule has 0 amide bonds. The minimum atomic E-state index is -1.11. The van der Waals surface area contributed by atoms with Crippen molar-refractivity contribution >= 4 is 57.5 Å². The van der Waals surface area contributed by atoms with E-state index in [4.69, 9.17) is 10.1 Å². The van der Waals surface area contributed by atoms with E-state index in [9.17, 15) is 19.8 Å². The fourth-order valence-corrected chi connectivity index (χ4v) is 17.4. The van der Waals surface area contributed by atoms with Gasteiger partial charge in [0.1, 0.15) is 17.1 Å². The summed E-state index contributed by atoms with van der Waals surface area (Å²) in [5.74, 6) is 2.99. The van der Waals surface area contributed by atoms with Crippen LogP contribution in [0.3, 0.4) is 0 Å². The molecule has 8 fully saturated rings. The van der Waals surface area contributed by atoms with Crippen molar-refractivity contribution in [1.29, 1.82) is 0 Å². The molecular weight excluding hydrogens is 1040 g/mol. The quantitative estimate of drug-likeness (QED) is 0.0872. The predicted octanol–water partition coefficient (Wildman–Crippen LogP) is 4.04. The van der Waals surface area contributed by atoms with Gasteiger partial charge in [-0.1, -0.05) is 29.8 Å². The molecule has 2 aromatic rings. The minimum absolute atomic E-state index is 0. The van der Waals surface area contributed by atoms with Gasteiger partial charge in [-0.3, -0.25) is 24.2 Å². The van der Waals surface area contributed by atoms with Gasteiger partial charge in [-0.2, -0.15) is 10.2 Å². The summed E-state index contributed by atoms with van der Waals surface area (Å²) in [6.45, 7) is 8.57. The number of hydrogen-bond donors (Lipinski definition) is 3. The third kappa shape index (κ3) is 12.9. The molecule has 378 valence electrons. The van der Waals surface area contributed by atoms with Gasteiger partial charge in [0.15, 0.2) is 5.78 Å². The number of Topliss-reactive ketones (excluding diaryl/α,β-unsaturated/α-hetero) is 2. The maximum Gasteiger partial charge on any atom is 1.00 e. The molecule has 0 radical (unpaired) electrons. The zero-order valence-electron chi connectivity index (χ0n) is 43.5. The number of nitrogens with one attached hydrogen (secondary N) is 1. The second-order valence-corrected chi connectivity index (χ2v) is 25.2. The number of carbonyl (C=O) groups excluding carboxylic acids is 3. The van der Waals surface area contributed by atoms with Gasteiger partial charge in [0.2, 0.25) is 0 Å². The SMILES string of the molecule is CSc1cn[nH]c1.CSc1cnn(CC(=O)[C@H]2CC[C@H]3[C@@H]4CC[C@@H]5C[C@](C)(O)CC[C@]5(F)[C@H]4CC[C@]23C)c1.C[C@@]1(O)CC[C@@]2(F)[C@H](CC[C@H]3[C@@H]4CC[C@H](C(=O)CBr)[C@@]4(C)CC[C@@H]32)C1.O=CO[O-].[H-].[K+].[K+]. The Labute approximate surface area is 513 Å². The third-order valence-corrected chi connectivity index (χ3v) is 21.4. The second kappa shape index (κ2) is 25.3. The van der Waals surface area contributed by atoms with E-state index in [1.807, 2.05) is 44.9 Å². The number of nitrogens with zero attached hydrogens (tertiary/aromatic N) is 3. The van der Waals surface area contributed by atoms with Gasteiger partial charge < -0.3 is 21.8 Å². The zero-order valence-corrected chi connectivity index (χ0v) is 52.0. The number of hydrogen-bond acceptors (Lipinski definition) is 11. The Morgan fingerprint density at radius 3 is 1.64 bits per heavy atom. The van der Waals surface area contributed by atoms with Crippen molar-refractivity contribution in [3.05, 3.63) is 24.8 Å². The van der Waals surface area contributed by atoms with Crippen molar-refractivity contribution in [2.75, 3.05) is 17.8 Å². The number of alkyl halides is 3. The maximum atomic E-state index is 16.5. The van der Waals surface area contributed by atoms with E-state index in [1.165, 1.54) is 4.90 Å². The fraction of sp³-hybridized carbons (Fsp3) is 0.824. The first-order valence-electron chi connectivity index (χ1n) is 25.0. The molecule has 2 aromatic heterocycles. The first-order chi connectivity index (χ1) is 31.7. The summed E-state index contributed by atoms with van der Waals surface area (Å²) in [4.78, 5) is 39.3. The maximum absolute atomic E-state index is 16.5. The van der Waals surface area contributed by atoms with Gasteiger partial charge in [0, 0.05) is 34.0 Å². The van der Waals surface area contributed by atoms with Crippen molar-refractivity contribution in [3.8, 4) is 0 Å². The average molecular weight is 1120 g/mol. The van der Waals surface area contributed by atoms with Crippen molar-refractivity contribution in [2.45, 2.75) is 182 Å². The molecule has 0 spiro atoms. The van der Waals surface area contributed by atoms with Gasteiger partial charge in [-0.25, -0.2) is 8.78 Å². The number of aliphatic hydroxyl groups is 2. The number of ketones is 2. The number of aromatic nitrogens is 4. The Kier molecular flexibility index (Phi) is 22.4. The normalized spacial score (nSPS) is 42.3. The number of thioether (sulfide) groups is 2. The van der Waals surface area contributed by atoms with Crippen LogP contribution in [0.5, 0.6) is 0 Å². The summed E-state index contributed by atoms with van der Waals surface area (Å²) in [5, 5.41) is 40.7. The Balaban J connectivity index is 0.000000245. The molecule has 8 saturated carbocycles. The number of aromatic amines is 1. The Morgan fingerprint density at radius 1 is 0.768 bits per heavy atom. The molecule has 0 bridgehead atoms. The van der Waals surface area contributed by atoms with Crippen LogP contribution in [0.15, 0.2) is 34.6 Å². The van der Waals surface area contributed by atoms with E-state index in [0.29, 0.717) is 85.6 Å². The Hall–Kier alpha value is 1.42. The Bertz CT molecular complexity index is 2030. The van der Waals surface area contributed by atoms with Crippen molar-refractivity contribution in [3.63, 3.8) is 0 Å². The van der Waals surface area contributed by atoms with Crippen molar-refractivity contribution < 1.29 is 148 Å². The van der Waals surface area contributed by atoms with Crippen LogP contribution in [-0.4, -0.2) is 88.6 Å². The molecule has 8 aliphatic rings. The van der Waals surface area contributed by atoms with Crippen LogP contribution in [0.2, 0.25) is 0 Å². The molecule has 10 rings (SSSR count). The van der Waals surface area contributed by atoms with Crippen LogP contribution in [0.4, 0.5) is 8.78 Å². The number of rotatable bonds is 8. The standard InChI is InChI=1S/C25H37FN2O2S.C21H32BrFO2.C4H6N2S.CH2O3.2K.H/c1-23(30)10-11-25(26)16(12-23)4-5-18-19-6-7-21(24(19,2)9-8-20(18)25)22(29)15-28-14-17(31-3)13-27-28;1-19(25)9-10-21(23)13(11-19)3-4-14-15-5-6-17(18(24)12-22)20(15,2)8-7-16(14)21;1-7-4-2-5-6-3-4;2-1-4-3;;;/h13-14,16,18-21,30H,4-12,15H2,1-3H3;13-17,25H,3-12H2,1-2H3;2-3H,1H3,(H,5,6);1,3H;;;/q;;;;2*+1;-1/p-1/t16-,18+,19+,20+,21-,23-,24+,25-;13-,14+,15+,16+,17-,19-,20+,21-;;;;;/m11...../s1. The summed E-state index contributed by atoms with van der Waals surface area (Å²) in [6, 6.07) is 0. The molecular formula is C51H77BrF2K2N4O7S2. The van der Waals surface area contributed by atoms with Crippen LogP contribution in [0.1, 0.15) is 145 Å². The van der Waals surface area contributed by atoms with Gasteiger partial charge in [0.25, 0.3) is 6.47 Å². The van der Waals surface area contributed by atoms with Gasteiger partial charge in [-0.15, -0.1) is 23.5 Å². The van der Waals surface area contributed by atoms with Crippen LogP contribution in [0.25, 0.3) is 0 Å². The first kappa shape index (κ1) is 61.3. The molecule has 0 saturated heterocycles. The summed E-state index contributed by atoms with van der Waals surface area (Å²) >= 11 is 6.69. The molecule has 0 aromatic carbocycles. The summed E-state index contributed by atoms with van der Waals surface area (Å²) in [6.07, 6.45) is 26.7. The fourth-order valence-electron chi connectivity index (χ4n) is 16.3. The smallest absolute Gasteiger partial charge is 1.00 e. The monoisotopic (exact) mass is 1120 g/mol. The van der Waals surface area contributed by atoms with Gasteiger partial charge >= 0.3 is 103 Å². The topological polar surface area (TPSA) is 170 Å². The molecule has 69 heavy (non-hydrogen) atoms. The van der Waals surface area contributed by atoms with Gasteiger partial charge in [-0.05, 0) is 200 Å². The number of fused-ring (bicyclic) bond motifs is 10. The second-order valence-electron chi connectivity index (χ2n) is 22.9. The number of carbonyl (C=O) groups is 3. The van der Waals surface area contributed by atoms with Crippen molar-refractivity contribution in [1.82, 2.24) is 20.0 Å². The minimum Gasteiger partial charge on any atom is -1.00 e. The summed E-state index contributed by atoms with van der Waals surface area (Å²) < 4.78 is 34.5. The molecule has 16 atom stereocenters. The molecule has 0 aliphatic heterocycles. The van der Waals surface area contributed by atoms with E-state index < -0.39 is 22.5 Å². The zero-order chi connectivity index (χ0) is 48.6. The molecule has 8 aliphatic carbocycles. The third-order valence-electron chi connectivity index (χ3n) is 19.4. The van der Waals surface area contributed by atoms with Crippen LogP contribution >= 0.6 is 39.5 Å². The largest absolute Gasteiger partial charge is 1.00 e. The van der Waals surface area contributed by atoms with E-state index in [0.717, 1.165) is 81.9 Å². The van der Waals surface area contributed by atoms with E-state index in [2.05, 4.69) is 50.0 Å².